The average molecular weight is 200 g/mol. The summed E-state index contributed by atoms with van der Waals surface area (Å²) in [6.07, 6.45) is 8.54. The molecule has 0 aliphatic heterocycles. The van der Waals surface area contributed by atoms with E-state index in [1.807, 2.05) is 0 Å². The Labute approximate surface area is 92.7 Å². The first-order valence-corrected chi connectivity index (χ1v) is 6.39. The smallest absolute Gasteiger partial charge is 0.00411 e. The minimum Gasteiger partial charge on any atom is -0.0620 e. The molecule has 0 amide bonds. The molecule has 0 nitrogen and oxygen atoms in total. The molecule has 1 fully saturated rings. The van der Waals surface area contributed by atoms with E-state index in [1.54, 1.807) is 11.1 Å². The van der Waals surface area contributed by atoms with E-state index in [1.165, 1.54) is 38.5 Å². The number of hydrogen-bond donors (Lipinski definition) is 0. The van der Waals surface area contributed by atoms with Crippen LogP contribution in [-0.2, 0) is 11.8 Å². The summed E-state index contributed by atoms with van der Waals surface area (Å²) < 4.78 is 0. The van der Waals surface area contributed by atoms with Crippen molar-refractivity contribution in [3.8, 4) is 0 Å². The maximum Gasteiger partial charge on any atom is -0.00411 e. The van der Waals surface area contributed by atoms with Crippen LogP contribution in [0.2, 0.25) is 0 Å². The molecule has 0 heteroatoms. The van der Waals surface area contributed by atoms with E-state index < -0.39 is 0 Å². The standard InChI is InChI=1S/C15H20/c1-15-10-6-2-3-8-13(15)11-12-7-4-5-9-14(12)15/h4-5,7,9,13H,2-3,6,8,10-11H2,1H3/t13-,15+/m0/s1. The van der Waals surface area contributed by atoms with Gasteiger partial charge in [-0.05, 0) is 41.7 Å². The highest BCUT2D eigenvalue weighted by atomic mass is 14.5. The van der Waals surface area contributed by atoms with Crippen LogP contribution in [0.5, 0.6) is 0 Å². The Morgan fingerprint density at radius 2 is 2.00 bits per heavy atom. The third kappa shape index (κ3) is 1.34. The Hall–Kier alpha value is -0.780. The van der Waals surface area contributed by atoms with E-state index in [4.69, 9.17) is 0 Å². The van der Waals surface area contributed by atoms with E-state index in [-0.39, 0.29) is 0 Å². The number of rotatable bonds is 0. The van der Waals surface area contributed by atoms with Crippen molar-refractivity contribution in [3.63, 3.8) is 0 Å². The summed E-state index contributed by atoms with van der Waals surface area (Å²) >= 11 is 0. The largest absolute Gasteiger partial charge is 0.0620 e. The molecular weight excluding hydrogens is 180 g/mol. The molecule has 80 valence electrons. The number of hydrogen-bond acceptors (Lipinski definition) is 0. The molecule has 2 aliphatic rings. The fraction of sp³-hybridized carbons (Fsp3) is 0.600. The Morgan fingerprint density at radius 1 is 1.13 bits per heavy atom. The minimum absolute atomic E-state index is 0.507. The van der Waals surface area contributed by atoms with Crippen LogP contribution < -0.4 is 0 Å². The molecule has 0 N–H and O–H groups in total. The fourth-order valence-corrected chi connectivity index (χ4v) is 3.79. The maximum absolute atomic E-state index is 2.51. The van der Waals surface area contributed by atoms with Crippen LogP contribution >= 0.6 is 0 Å². The van der Waals surface area contributed by atoms with E-state index in [0.29, 0.717) is 5.41 Å². The second kappa shape index (κ2) is 3.37. The average Bonchev–Trinajstić information content (AvgIpc) is 2.41. The molecule has 2 aliphatic carbocycles. The molecule has 0 heterocycles. The van der Waals surface area contributed by atoms with Gasteiger partial charge in [0.1, 0.15) is 0 Å². The Morgan fingerprint density at radius 3 is 2.93 bits per heavy atom. The van der Waals surface area contributed by atoms with Gasteiger partial charge < -0.3 is 0 Å². The van der Waals surface area contributed by atoms with Crippen LogP contribution in [-0.4, -0.2) is 0 Å². The van der Waals surface area contributed by atoms with Crippen LogP contribution in [0.3, 0.4) is 0 Å². The van der Waals surface area contributed by atoms with E-state index in [9.17, 15) is 0 Å². The molecule has 1 saturated carbocycles. The topological polar surface area (TPSA) is 0 Å². The second-order valence-electron chi connectivity index (χ2n) is 5.57. The van der Waals surface area contributed by atoms with Gasteiger partial charge in [-0.3, -0.25) is 0 Å². The minimum atomic E-state index is 0.507. The molecule has 0 spiro atoms. The van der Waals surface area contributed by atoms with Crippen LogP contribution in [0, 0.1) is 5.92 Å². The van der Waals surface area contributed by atoms with Gasteiger partial charge in [0, 0.05) is 0 Å². The molecule has 3 rings (SSSR count). The molecule has 0 saturated heterocycles. The lowest BCUT2D eigenvalue weighted by Gasteiger charge is -2.31. The van der Waals surface area contributed by atoms with Gasteiger partial charge >= 0.3 is 0 Å². The van der Waals surface area contributed by atoms with Crippen molar-refractivity contribution in [1.82, 2.24) is 0 Å². The predicted octanol–water partition coefficient (Wildman–Crippen LogP) is 4.08. The quantitative estimate of drug-likeness (QED) is 0.592. The lowest BCUT2D eigenvalue weighted by Crippen LogP contribution is -2.26. The Bertz CT molecular complexity index is 366. The lowest BCUT2D eigenvalue weighted by atomic mass is 9.73. The van der Waals surface area contributed by atoms with E-state index >= 15 is 0 Å². The molecule has 0 unspecified atom stereocenters. The first-order valence-electron chi connectivity index (χ1n) is 6.39. The van der Waals surface area contributed by atoms with Gasteiger partial charge in [-0.25, -0.2) is 0 Å². The summed E-state index contributed by atoms with van der Waals surface area (Å²) in [5, 5.41) is 0. The molecular formula is C15H20. The molecule has 2 atom stereocenters. The van der Waals surface area contributed by atoms with Crippen molar-refractivity contribution in [2.24, 2.45) is 5.92 Å². The molecule has 1 aromatic carbocycles. The van der Waals surface area contributed by atoms with Gasteiger partial charge in [-0.1, -0.05) is 50.5 Å². The van der Waals surface area contributed by atoms with Crippen LogP contribution in [0.15, 0.2) is 24.3 Å². The SMILES string of the molecule is C[C@@]12CCCCC[C@H]1Cc1ccccc12. The van der Waals surface area contributed by atoms with Gasteiger partial charge in [-0.15, -0.1) is 0 Å². The Kier molecular flexibility index (Phi) is 2.12. The van der Waals surface area contributed by atoms with Crippen molar-refractivity contribution in [1.29, 1.82) is 0 Å². The highest BCUT2D eigenvalue weighted by molar-refractivity contribution is 5.40. The van der Waals surface area contributed by atoms with Gasteiger partial charge in [0.25, 0.3) is 0 Å². The van der Waals surface area contributed by atoms with E-state index in [0.717, 1.165) is 5.92 Å². The predicted molar refractivity (Wildman–Crippen MR) is 64.1 cm³/mol. The van der Waals surface area contributed by atoms with Crippen LogP contribution in [0.25, 0.3) is 0 Å². The molecule has 15 heavy (non-hydrogen) atoms. The van der Waals surface area contributed by atoms with Gasteiger partial charge in [-0.2, -0.15) is 0 Å². The summed E-state index contributed by atoms with van der Waals surface area (Å²) in [4.78, 5) is 0. The zero-order valence-electron chi connectivity index (χ0n) is 9.63. The molecule has 0 aromatic heterocycles. The lowest BCUT2D eigenvalue weighted by molar-refractivity contribution is 0.301. The third-order valence-corrected chi connectivity index (χ3v) is 4.75. The fourth-order valence-electron chi connectivity index (χ4n) is 3.79. The summed E-state index contributed by atoms with van der Waals surface area (Å²) in [7, 11) is 0. The number of fused-ring (bicyclic) bond motifs is 3. The summed E-state index contributed by atoms with van der Waals surface area (Å²) in [5.74, 6) is 0.928. The first kappa shape index (κ1) is 9.45. The van der Waals surface area contributed by atoms with Gasteiger partial charge in [0.15, 0.2) is 0 Å². The molecule has 0 bridgehead atoms. The first-order chi connectivity index (χ1) is 7.31. The van der Waals surface area contributed by atoms with Gasteiger partial charge in [0.05, 0.1) is 0 Å². The van der Waals surface area contributed by atoms with Gasteiger partial charge in [0.2, 0.25) is 0 Å². The van der Waals surface area contributed by atoms with Crippen LogP contribution in [0.1, 0.15) is 50.2 Å². The van der Waals surface area contributed by atoms with E-state index in [2.05, 4.69) is 31.2 Å². The maximum atomic E-state index is 2.51. The van der Waals surface area contributed by atoms with Crippen molar-refractivity contribution < 1.29 is 0 Å². The van der Waals surface area contributed by atoms with Crippen molar-refractivity contribution >= 4 is 0 Å². The zero-order chi connectivity index (χ0) is 10.3. The normalized spacial score (nSPS) is 34.3. The highest BCUT2D eigenvalue weighted by Crippen LogP contribution is 2.49. The summed E-state index contributed by atoms with van der Waals surface area (Å²) in [6.45, 7) is 2.51. The monoisotopic (exact) mass is 200 g/mol. The summed E-state index contributed by atoms with van der Waals surface area (Å²) in [6, 6.07) is 9.14. The van der Waals surface area contributed by atoms with Crippen LogP contribution in [0.4, 0.5) is 0 Å². The Balaban J connectivity index is 2.06. The molecule has 1 aromatic rings. The molecule has 0 radical (unpaired) electrons. The van der Waals surface area contributed by atoms with Crippen molar-refractivity contribution in [3.05, 3.63) is 35.4 Å². The number of benzene rings is 1. The highest BCUT2D eigenvalue weighted by Gasteiger charge is 2.42. The summed E-state index contributed by atoms with van der Waals surface area (Å²) in [5.41, 5.74) is 3.80. The van der Waals surface area contributed by atoms with Crippen molar-refractivity contribution in [2.45, 2.75) is 50.9 Å². The second-order valence-corrected chi connectivity index (χ2v) is 5.57. The van der Waals surface area contributed by atoms with Crippen molar-refractivity contribution in [2.75, 3.05) is 0 Å². The zero-order valence-corrected chi connectivity index (χ0v) is 9.63. The third-order valence-electron chi connectivity index (χ3n) is 4.75.